The summed E-state index contributed by atoms with van der Waals surface area (Å²) in [6.07, 6.45) is 2.80. The van der Waals surface area contributed by atoms with Crippen LogP contribution in [0.2, 0.25) is 0 Å². The van der Waals surface area contributed by atoms with E-state index in [1.807, 2.05) is 0 Å². The highest BCUT2D eigenvalue weighted by molar-refractivity contribution is 5.92. The van der Waals surface area contributed by atoms with Crippen LogP contribution in [-0.2, 0) is 0 Å². The van der Waals surface area contributed by atoms with E-state index in [2.05, 4.69) is 10.3 Å². The maximum absolute atomic E-state index is 10.8. The SMILES string of the molecule is CC(O)CCCNc1ccc(C(N)=O)cn1. The summed E-state index contributed by atoms with van der Waals surface area (Å²) in [4.78, 5) is 14.8. The first-order chi connectivity index (χ1) is 7.59. The Bertz CT molecular complexity index is 336. The van der Waals surface area contributed by atoms with E-state index in [0.717, 1.165) is 19.4 Å². The largest absolute Gasteiger partial charge is 0.393 e. The third kappa shape index (κ3) is 4.27. The van der Waals surface area contributed by atoms with Gasteiger partial charge in [0.2, 0.25) is 5.91 Å². The predicted molar refractivity (Wildman–Crippen MR) is 62.2 cm³/mol. The van der Waals surface area contributed by atoms with Crippen LogP contribution in [0.15, 0.2) is 18.3 Å². The lowest BCUT2D eigenvalue weighted by Gasteiger charge is -2.06. The summed E-state index contributed by atoms with van der Waals surface area (Å²) in [7, 11) is 0. The van der Waals surface area contributed by atoms with Gasteiger partial charge >= 0.3 is 0 Å². The number of carbonyl (C=O) groups excluding carboxylic acids is 1. The minimum Gasteiger partial charge on any atom is -0.393 e. The number of amides is 1. The van der Waals surface area contributed by atoms with E-state index in [0.29, 0.717) is 11.4 Å². The van der Waals surface area contributed by atoms with Crippen LogP contribution in [0.5, 0.6) is 0 Å². The molecule has 1 unspecified atom stereocenters. The van der Waals surface area contributed by atoms with Gasteiger partial charge in [0.1, 0.15) is 5.82 Å². The number of nitrogens with one attached hydrogen (secondary N) is 1. The molecule has 4 N–H and O–H groups in total. The fourth-order valence-electron chi connectivity index (χ4n) is 1.26. The molecule has 88 valence electrons. The lowest BCUT2D eigenvalue weighted by Crippen LogP contribution is -2.12. The number of carbonyl (C=O) groups is 1. The van der Waals surface area contributed by atoms with Crippen molar-refractivity contribution >= 4 is 11.7 Å². The van der Waals surface area contributed by atoms with Gasteiger partial charge in [-0.2, -0.15) is 0 Å². The third-order valence-electron chi connectivity index (χ3n) is 2.15. The molecule has 0 bridgehead atoms. The second-order valence-corrected chi connectivity index (χ2v) is 3.71. The first kappa shape index (κ1) is 12.4. The number of primary amides is 1. The van der Waals surface area contributed by atoms with E-state index < -0.39 is 5.91 Å². The van der Waals surface area contributed by atoms with Gasteiger partial charge in [0.15, 0.2) is 0 Å². The molecular weight excluding hydrogens is 206 g/mol. The second kappa shape index (κ2) is 6.07. The molecule has 1 atom stereocenters. The van der Waals surface area contributed by atoms with Crippen molar-refractivity contribution in [2.24, 2.45) is 5.73 Å². The van der Waals surface area contributed by atoms with Crippen LogP contribution >= 0.6 is 0 Å². The summed E-state index contributed by atoms with van der Waals surface area (Å²) in [6.45, 7) is 2.51. The molecule has 1 rings (SSSR count). The Hall–Kier alpha value is -1.62. The molecular formula is C11H17N3O2. The fraction of sp³-hybridized carbons (Fsp3) is 0.455. The second-order valence-electron chi connectivity index (χ2n) is 3.71. The Morgan fingerprint density at radius 1 is 1.62 bits per heavy atom. The lowest BCUT2D eigenvalue weighted by molar-refractivity contribution is 0.1000. The van der Waals surface area contributed by atoms with Crippen molar-refractivity contribution in [1.29, 1.82) is 0 Å². The summed E-state index contributed by atoms with van der Waals surface area (Å²) in [6, 6.07) is 3.34. The minimum atomic E-state index is -0.479. The van der Waals surface area contributed by atoms with Crippen LogP contribution < -0.4 is 11.1 Å². The fourth-order valence-corrected chi connectivity index (χ4v) is 1.26. The van der Waals surface area contributed by atoms with Gasteiger partial charge in [0.25, 0.3) is 0 Å². The number of aliphatic hydroxyl groups excluding tert-OH is 1. The quantitative estimate of drug-likeness (QED) is 0.621. The third-order valence-corrected chi connectivity index (χ3v) is 2.15. The molecule has 0 aliphatic heterocycles. The van der Waals surface area contributed by atoms with E-state index in [9.17, 15) is 4.79 Å². The number of anilines is 1. The predicted octanol–water partition coefficient (Wildman–Crippen LogP) is 0.753. The van der Waals surface area contributed by atoms with Crippen molar-refractivity contribution in [1.82, 2.24) is 4.98 Å². The molecule has 0 radical (unpaired) electrons. The van der Waals surface area contributed by atoms with Crippen LogP contribution in [0.4, 0.5) is 5.82 Å². The van der Waals surface area contributed by atoms with Crippen LogP contribution in [0.3, 0.4) is 0 Å². The first-order valence-electron chi connectivity index (χ1n) is 5.27. The average molecular weight is 223 g/mol. The Labute approximate surface area is 94.7 Å². The van der Waals surface area contributed by atoms with Crippen LogP contribution in [-0.4, -0.2) is 28.6 Å². The highest BCUT2D eigenvalue weighted by Gasteiger charge is 2.00. The number of aliphatic hydroxyl groups is 1. The van der Waals surface area contributed by atoms with Gasteiger partial charge in [0.05, 0.1) is 11.7 Å². The summed E-state index contributed by atoms with van der Waals surface area (Å²) in [5.41, 5.74) is 5.49. The maximum atomic E-state index is 10.8. The molecule has 16 heavy (non-hydrogen) atoms. The topological polar surface area (TPSA) is 88.2 Å². The van der Waals surface area contributed by atoms with Gasteiger partial charge in [-0.15, -0.1) is 0 Å². The molecule has 0 saturated heterocycles. The average Bonchev–Trinajstić information content (AvgIpc) is 2.25. The molecule has 1 aromatic rings. The minimum absolute atomic E-state index is 0.271. The van der Waals surface area contributed by atoms with E-state index in [-0.39, 0.29) is 6.10 Å². The summed E-state index contributed by atoms with van der Waals surface area (Å²) >= 11 is 0. The molecule has 0 saturated carbocycles. The van der Waals surface area contributed by atoms with E-state index in [4.69, 9.17) is 10.8 Å². The summed E-state index contributed by atoms with van der Waals surface area (Å²) in [5.74, 6) is 0.226. The standard InChI is InChI=1S/C11H17N3O2/c1-8(15)3-2-6-13-10-5-4-9(7-14-10)11(12)16/h4-5,7-8,15H,2-3,6H2,1H3,(H2,12,16)(H,13,14). The van der Waals surface area contributed by atoms with Crippen LogP contribution in [0.25, 0.3) is 0 Å². The van der Waals surface area contributed by atoms with E-state index in [1.165, 1.54) is 6.20 Å². The van der Waals surface area contributed by atoms with Gasteiger partial charge in [-0.1, -0.05) is 0 Å². The molecule has 0 fully saturated rings. The van der Waals surface area contributed by atoms with Gasteiger partial charge in [0, 0.05) is 12.7 Å². The van der Waals surface area contributed by atoms with Gasteiger partial charge in [-0.05, 0) is 31.9 Å². The number of hydrogen-bond acceptors (Lipinski definition) is 4. The van der Waals surface area contributed by atoms with Crippen LogP contribution in [0, 0.1) is 0 Å². The highest BCUT2D eigenvalue weighted by Crippen LogP contribution is 2.05. The molecule has 5 heteroatoms. The Kier molecular flexibility index (Phi) is 4.72. The zero-order chi connectivity index (χ0) is 12.0. The summed E-state index contributed by atoms with van der Waals surface area (Å²) < 4.78 is 0. The number of pyridine rings is 1. The van der Waals surface area contributed by atoms with Gasteiger partial charge in [-0.25, -0.2) is 4.98 Å². The Balaban J connectivity index is 2.35. The van der Waals surface area contributed by atoms with E-state index in [1.54, 1.807) is 19.1 Å². The highest BCUT2D eigenvalue weighted by atomic mass is 16.3. The zero-order valence-corrected chi connectivity index (χ0v) is 9.31. The monoisotopic (exact) mass is 223 g/mol. The Morgan fingerprint density at radius 2 is 2.38 bits per heavy atom. The number of rotatable bonds is 6. The molecule has 1 amide bonds. The molecule has 1 heterocycles. The number of aromatic nitrogens is 1. The van der Waals surface area contributed by atoms with Gasteiger partial charge < -0.3 is 16.2 Å². The normalized spacial score (nSPS) is 12.1. The Morgan fingerprint density at radius 3 is 2.88 bits per heavy atom. The molecule has 0 aromatic carbocycles. The van der Waals surface area contributed by atoms with Crippen LogP contribution in [0.1, 0.15) is 30.1 Å². The van der Waals surface area contributed by atoms with Crippen molar-refractivity contribution in [3.05, 3.63) is 23.9 Å². The van der Waals surface area contributed by atoms with Crippen molar-refractivity contribution < 1.29 is 9.90 Å². The smallest absolute Gasteiger partial charge is 0.250 e. The molecule has 5 nitrogen and oxygen atoms in total. The van der Waals surface area contributed by atoms with Crippen molar-refractivity contribution in [2.45, 2.75) is 25.9 Å². The van der Waals surface area contributed by atoms with Crippen molar-refractivity contribution in [3.63, 3.8) is 0 Å². The molecule has 0 spiro atoms. The molecule has 0 aliphatic carbocycles. The number of nitrogens with zero attached hydrogens (tertiary/aromatic N) is 1. The number of hydrogen-bond donors (Lipinski definition) is 3. The lowest BCUT2D eigenvalue weighted by atomic mass is 10.2. The van der Waals surface area contributed by atoms with Gasteiger partial charge in [-0.3, -0.25) is 4.79 Å². The summed E-state index contributed by atoms with van der Waals surface area (Å²) in [5, 5.41) is 12.1. The maximum Gasteiger partial charge on any atom is 0.250 e. The van der Waals surface area contributed by atoms with Crippen molar-refractivity contribution in [2.75, 3.05) is 11.9 Å². The molecule has 1 aromatic heterocycles. The first-order valence-corrected chi connectivity index (χ1v) is 5.27. The zero-order valence-electron chi connectivity index (χ0n) is 9.31. The number of nitrogens with two attached hydrogens (primary N) is 1. The molecule has 0 aliphatic rings. The van der Waals surface area contributed by atoms with Crippen molar-refractivity contribution in [3.8, 4) is 0 Å². The van der Waals surface area contributed by atoms with E-state index >= 15 is 0 Å².